The fourth-order valence-electron chi connectivity index (χ4n) is 4.71. The molecule has 0 bridgehead atoms. The van der Waals surface area contributed by atoms with Crippen molar-refractivity contribution in [3.05, 3.63) is 51.1 Å². The van der Waals surface area contributed by atoms with E-state index in [1.54, 1.807) is 23.0 Å². The van der Waals surface area contributed by atoms with Gasteiger partial charge in [0.1, 0.15) is 4.83 Å². The highest BCUT2D eigenvalue weighted by Crippen LogP contribution is 2.34. The van der Waals surface area contributed by atoms with Crippen LogP contribution in [0, 0.1) is 5.92 Å². The third kappa shape index (κ3) is 4.30. The van der Waals surface area contributed by atoms with Gasteiger partial charge in [-0.05, 0) is 55.7 Å². The summed E-state index contributed by atoms with van der Waals surface area (Å²) in [4.78, 5) is 34.7. The number of para-hydroxylation sites is 1. The number of carbonyl (C=O) groups is 1. The van der Waals surface area contributed by atoms with E-state index in [0.29, 0.717) is 17.6 Å². The zero-order valence-electron chi connectivity index (χ0n) is 18.3. The minimum Gasteiger partial charge on any atom is -0.371 e. The number of benzene rings is 1. The molecular formula is C24H28N4O2S2. The largest absolute Gasteiger partial charge is 0.371 e. The van der Waals surface area contributed by atoms with Gasteiger partial charge in [-0.3, -0.25) is 14.2 Å². The smallest absolute Gasteiger partial charge is 0.262 e. The SMILES string of the molecule is Cn1c(SCC(=O)NCC2CCN(c3ccccc3)C2)nc2sc3c(c2c1=O)CCCC3. The predicted molar refractivity (Wildman–Crippen MR) is 132 cm³/mol. The van der Waals surface area contributed by atoms with E-state index in [1.165, 1.54) is 34.3 Å². The van der Waals surface area contributed by atoms with Crippen LogP contribution in [0.2, 0.25) is 0 Å². The standard InChI is InChI=1S/C24H28N4O2S2/c1-27-23(30)21-18-9-5-6-10-19(18)32-22(21)26-24(27)31-15-20(29)25-13-16-11-12-28(14-16)17-7-3-2-4-8-17/h2-4,7-8,16H,5-6,9-15H2,1H3,(H,25,29). The number of aromatic nitrogens is 2. The highest BCUT2D eigenvalue weighted by Gasteiger charge is 2.24. The molecule has 32 heavy (non-hydrogen) atoms. The molecule has 0 radical (unpaired) electrons. The number of anilines is 1. The molecule has 1 aliphatic carbocycles. The van der Waals surface area contributed by atoms with E-state index in [4.69, 9.17) is 4.98 Å². The summed E-state index contributed by atoms with van der Waals surface area (Å²) in [5.74, 6) is 0.722. The van der Waals surface area contributed by atoms with Crippen molar-refractivity contribution >= 4 is 44.9 Å². The second-order valence-corrected chi connectivity index (χ2v) is 10.7. The molecule has 8 heteroatoms. The van der Waals surface area contributed by atoms with Gasteiger partial charge < -0.3 is 10.2 Å². The minimum atomic E-state index is -0.00650. The van der Waals surface area contributed by atoms with E-state index >= 15 is 0 Å². The molecule has 1 fully saturated rings. The molecule has 1 aliphatic heterocycles. The van der Waals surface area contributed by atoms with Crippen LogP contribution in [-0.2, 0) is 24.7 Å². The van der Waals surface area contributed by atoms with Crippen molar-refractivity contribution in [2.75, 3.05) is 30.3 Å². The lowest BCUT2D eigenvalue weighted by molar-refractivity contribution is -0.118. The first-order valence-electron chi connectivity index (χ1n) is 11.3. The topological polar surface area (TPSA) is 67.2 Å². The first kappa shape index (κ1) is 21.5. The van der Waals surface area contributed by atoms with Gasteiger partial charge in [-0.2, -0.15) is 0 Å². The maximum Gasteiger partial charge on any atom is 0.262 e. The van der Waals surface area contributed by atoms with Crippen molar-refractivity contribution in [2.24, 2.45) is 13.0 Å². The summed E-state index contributed by atoms with van der Waals surface area (Å²) in [6.45, 7) is 2.68. The third-order valence-electron chi connectivity index (χ3n) is 6.48. The van der Waals surface area contributed by atoms with Gasteiger partial charge in [0.15, 0.2) is 5.16 Å². The zero-order chi connectivity index (χ0) is 22.1. The fraction of sp³-hybridized carbons (Fsp3) is 0.458. The first-order valence-corrected chi connectivity index (χ1v) is 13.1. The third-order valence-corrected chi connectivity index (χ3v) is 8.70. The number of nitrogens with zero attached hydrogens (tertiary/aromatic N) is 3. The second-order valence-electron chi connectivity index (χ2n) is 8.68. The Morgan fingerprint density at radius 2 is 2.06 bits per heavy atom. The van der Waals surface area contributed by atoms with Crippen molar-refractivity contribution in [3.8, 4) is 0 Å². The van der Waals surface area contributed by atoms with E-state index in [0.717, 1.165) is 49.0 Å². The van der Waals surface area contributed by atoms with Gasteiger partial charge in [-0.1, -0.05) is 30.0 Å². The molecule has 3 heterocycles. The molecule has 5 rings (SSSR count). The van der Waals surface area contributed by atoms with E-state index in [1.807, 2.05) is 6.07 Å². The minimum absolute atomic E-state index is 0.00650. The summed E-state index contributed by atoms with van der Waals surface area (Å²) in [5.41, 5.74) is 2.47. The number of carbonyl (C=O) groups excluding carboxylic acids is 1. The Balaban J connectivity index is 1.18. The Bertz CT molecular complexity index is 1190. The molecule has 6 nitrogen and oxygen atoms in total. The van der Waals surface area contributed by atoms with Gasteiger partial charge in [0.05, 0.1) is 11.1 Å². The quantitative estimate of drug-likeness (QED) is 0.442. The molecule has 1 unspecified atom stereocenters. The van der Waals surface area contributed by atoms with Gasteiger partial charge in [0.25, 0.3) is 5.56 Å². The van der Waals surface area contributed by atoms with Gasteiger partial charge in [-0.15, -0.1) is 11.3 Å². The lowest BCUT2D eigenvalue weighted by atomic mass is 9.97. The maximum atomic E-state index is 13.0. The molecule has 1 saturated heterocycles. The van der Waals surface area contributed by atoms with E-state index in [9.17, 15) is 9.59 Å². The number of thiophene rings is 1. The molecule has 1 N–H and O–H groups in total. The number of hydrogen-bond acceptors (Lipinski definition) is 6. The number of amides is 1. The van der Waals surface area contributed by atoms with Crippen LogP contribution in [-0.4, -0.2) is 40.8 Å². The molecule has 2 aromatic heterocycles. The van der Waals surface area contributed by atoms with Gasteiger partial charge >= 0.3 is 0 Å². The summed E-state index contributed by atoms with van der Waals surface area (Å²) < 4.78 is 1.61. The average molecular weight is 469 g/mol. The van der Waals surface area contributed by atoms with Crippen LogP contribution in [0.15, 0.2) is 40.3 Å². The fourth-order valence-corrected chi connectivity index (χ4v) is 6.81. The first-order chi connectivity index (χ1) is 15.6. The molecule has 3 aromatic rings. The predicted octanol–water partition coefficient (Wildman–Crippen LogP) is 3.61. The van der Waals surface area contributed by atoms with E-state index in [-0.39, 0.29) is 17.2 Å². The van der Waals surface area contributed by atoms with Crippen LogP contribution < -0.4 is 15.8 Å². The van der Waals surface area contributed by atoms with Crippen molar-refractivity contribution < 1.29 is 4.79 Å². The normalized spacial score (nSPS) is 18.2. The van der Waals surface area contributed by atoms with Crippen molar-refractivity contribution in [2.45, 2.75) is 37.3 Å². The van der Waals surface area contributed by atoms with Gasteiger partial charge in [0.2, 0.25) is 5.91 Å². The molecule has 2 aliphatic rings. The van der Waals surface area contributed by atoms with Crippen molar-refractivity contribution in [3.63, 3.8) is 0 Å². The van der Waals surface area contributed by atoms with Crippen LogP contribution >= 0.6 is 23.1 Å². The number of rotatable bonds is 6. The van der Waals surface area contributed by atoms with Crippen molar-refractivity contribution in [1.82, 2.24) is 14.9 Å². The molecule has 0 spiro atoms. The molecule has 168 valence electrons. The molecule has 1 amide bonds. The highest BCUT2D eigenvalue weighted by molar-refractivity contribution is 7.99. The summed E-state index contributed by atoms with van der Waals surface area (Å²) in [5, 5.41) is 4.49. The maximum absolute atomic E-state index is 13.0. The van der Waals surface area contributed by atoms with E-state index < -0.39 is 0 Å². The Labute approximate surface area is 196 Å². The number of fused-ring (bicyclic) bond motifs is 3. The van der Waals surface area contributed by atoms with Gasteiger partial charge in [-0.25, -0.2) is 4.98 Å². The molecule has 1 atom stereocenters. The molecule has 1 aromatic carbocycles. The zero-order valence-corrected chi connectivity index (χ0v) is 19.9. The Morgan fingerprint density at radius 3 is 2.91 bits per heavy atom. The summed E-state index contributed by atoms with van der Waals surface area (Å²) >= 11 is 3.00. The summed E-state index contributed by atoms with van der Waals surface area (Å²) in [6.07, 6.45) is 5.43. The Hall–Kier alpha value is -2.32. The summed E-state index contributed by atoms with van der Waals surface area (Å²) in [7, 11) is 1.76. The van der Waals surface area contributed by atoms with Crippen LogP contribution in [0.1, 0.15) is 29.7 Å². The number of nitrogens with one attached hydrogen (secondary N) is 1. The number of thioether (sulfide) groups is 1. The summed E-state index contributed by atoms with van der Waals surface area (Å²) in [6, 6.07) is 10.4. The molecule has 0 saturated carbocycles. The van der Waals surface area contributed by atoms with Gasteiger partial charge in [0, 0.05) is 37.2 Å². The molecular weight excluding hydrogens is 440 g/mol. The van der Waals surface area contributed by atoms with Crippen molar-refractivity contribution in [1.29, 1.82) is 0 Å². The number of hydrogen-bond donors (Lipinski definition) is 1. The Kier molecular flexibility index (Phi) is 6.24. The van der Waals surface area contributed by atoms with Crippen LogP contribution in [0.4, 0.5) is 5.69 Å². The highest BCUT2D eigenvalue weighted by atomic mass is 32.2. The number of aryl methyl sites for hydroxylation is 2. The average Bonchev–Trinajstić information content (AvgIpc) is 3.44. The lowest BCUT2D eigenvalue weighted by Gasteiger charge is -2.18. The van der Waals surface area contributed by atoms with Crippen LogP contribution in [0.5, 0.6) is 0 Å². The second kappa shape index (κ2) is 9.27. The monoisotopic (exact) mass is 468 g/mol. The van der Waals surface area contributed by atoms with Crippen LogP contribution in [0.25, 0.3) is 10.2 Å². The lowest BCUT2D eigenvalue weighted by Crippen LogP contribution is -2.32. The Morgan fingerprint density at radius 1 is 1.25 bits per heavy atom. The van der Waals surface area contributed by atoms with E-state index in [2.05, 4.69) is 34.5 Å². The van der Waals surface area contributed by atoms with Crippen LogP contribution in [0.3, 0.4) is 0 Å².